The Morgan fingerprint density at radius 3 is 2.41 bits per heavy atom. The lowest BCUT2D eigenvalue weighted by molar-refractivity contribution is -0.118. The molecule has 0 saturated heterocycles. The van der Waals surface area contributed by atoms with E-state index in [1.165, 1.54) is 5.56 Å². The molecule has 3 rings (SSSR count). The fourth-order valence-electron chi connectivity index (χ4n) is 3.17. The van der Waals surface area contributed by atoms with Crippen LogP contribution in [0.5, 0.6) is 11.5 Å². The second-order valence-corrected chi connectivity index (χ2v) is 7.85. The van der Waals surface area contributed by atoms with Gasteiger partial charge in [-0.15, -0.1) is 0 Å². The van der Waals surface area contributed by atoms with Crippen LogP contribution in [-0.4, -0.2) is 25.7 Å². The van der Waals surface area contributed by atoms with Crippen LogP contribution in [0.4, 0.5) is 5.69 Å². The fourth-order valence-corrected chi connectivity index (χ4v) is 3.39. The average molecular weight is 453 g/mol. The van der Waals surface area contributed by atoms with Gasteiger partial charge in [-0.1, -0.05) is 59.6 Å². The van der Waals surface area contributed by atoms with Gasteiger partial charge in [0.05, 0.1) is 6.61 Å². The molecule has 0 bridgehead atoms. The maximum absolute atomic E-state index is 12.3. The van der Waals surface area contributed by atoms with Crippen molar-refractivity contribution in [1.29, 1.82) is 0 Å². The quantitative estimate of drug-likeness (QED) is 0.382. The number of rotatable bonds is 11. The molecule has 0 aromatic heterocycles. The maximum Gasteiger partial charge on any atom is 0.262 e. The summed E-state index contributed by atoms with van der Waals surface area (Å²) in [5.74, 6) is 0.767. The van der Waals surface area contributed by atoms with Gasteiger partial charge in [0, 0.05) is 23.3 Å². The van der Waals surface area contributed by atoms with Crippen LogP contribution in [0.3, 0.4) is 0 Å². The molecule has 0 aliphatic carbocycles. The number of anilines is 1. The van der Waals surface area contributed by atoms with Crippen LogP contribution in [0.25, 0.3) is 0 Å². The molecule has 6 heteroatoms. The third-order valence-electron chi connectivity index (χ3n) is 4.86. The first-order valence-corrected chi connectivity index (χ1v) is 11.1. The van der Waals surface area contributed by atoms with Crippen molar-refractivity contribution >= 4 is 23.2 Å². The van der Waals surface area contributed by atoms with Gasteiger partial charge in [-0.2, -0.15) is 0 Å². The molecular weight excluding hydrogens is 424 g/mol. The number of nitrogens with one attached hydrogen (secondary N) is 2. The van der Waals surface area contributed by atoms with Gasteiger partial charge in [-0.3, -0.25) is 4.79 Å². The average Bonchev–Trinajstić information content (AvgIpc) is 2.80. The summed E-state index contributed by atoms with van der Waals surface area (Å²) >= 11 is 6.48. The molecule has 0 fully saturated rings. The number of hydrogen-bond donors (Lipinski definition) is 2. The monoisotopic (exact) mass is 452 g/mol. The Kier molecular flexibility index (Phi) is 8.96. The van der Waals surface area contributed by atoms with Crippen LogP contribution in [0, 0.1) is 6.92 Å². The summed E-state index contributed by atoms with van der Waals surface area (Å²) in [5.41, 5.74) is 4.06. The third-order valence-corrected chi connectivity index (χ3v) is 5.21. The van der Waals surface area contributed by atoms with Crippen molar-refractivity contribution < 1.29 is 14.3 Å². The minimum Gasteiger partial charge on any atom is -0.490 e. The first-order valence-electron chi connectivity index (χ1n) is 10.7. The van der Waals surface area contributed by atoms with E-state index in [0.29, 0.717) is 29.7 Å². The van der Waals surface area contributed by atoms with E-state index in [1.807, 2.05) is 62.4 Å². The van der Waals surface area contributed by atoms with Gasteiger partial charge in [-0.25, -0.2) is 0 Å². The van der Waals surface area contributed by atoms with Crippen LogP contribution in [-0.2, 0) is 17.8 Å². The summed E-state index contributed by atoms with van der Waals surface area (Å²) in [6.45, 7) is 5.69. The first-order chi connectivity index (χ1) is 15.5. The van der Waals surface area contributed by atoms with Crippen molar-refractivity contribution in [2.75, 3.05) is 25.1 Å². The topological polar surface area (TPSA) is 59.6 Å². The summed E-state index contributed by atoms with van der Waals surface area (Å²) in [7, 11) is 0. The van der Waals surface area contributed by atoms with Crippen LogP contribution in [0.1, 0.15) is 23.6 Å². The molecule has 0 saturated carbocycles. The van der Waals surface area contributed by atoms with Gasteiger partial charge in [-0.05, 0) is 56.1 Å². The Labute approximate surface area is 194 Å². The summed E-state index contributed by atoms with van der Waals surface area (Å²) in [6, 6.07) is 21.5. The van der Waals surface area contributed by atoms with Crippen molar-refractivity contribution in [1.82, 2.24) is 5.32 Å². The van der Waals surface area contributed by atoms with Crippen LogP contribution in [0.2, 0.25) is 5.02 Å². The van der Waals surface area contributed by atoms with Crippen molar-refractivity contribution in [2.24, 2.45) is 0 Å². The highest BCUT2D eigenvalue weighted by atomic mass is 35.5. The van der Waals surface area contributed by atoms with E-state index < -0.39 is 0 Å². The predicted octanol–water partition coefficient (Wildman–Crippen LogP) is 5.40. The van der Waals surface area contributed by atoms with Gasteiger partial charge in [0.15, 0.2) is 18.1 Å². The zero-order valence-corrected chi connectivity index (χ0v) is 19.2. The van der Waals surface area contributed by atoms with Crippen molar-refractivity contribution in [3.05, 3.63) is 88.4 Å². The van der Waals surface area contributed by atoms with Gasteiger partial charge in [0.2, 0.25) is 0 Å². The summed E-state index contributed by atoms with van der Waals surface area (Å²) in [5, 5.41) is 6.80. The highest BCUT2D eigenvalue weighted by Crippen LogP contribution is 2.33. The fraction of sp³-hybridized carbons (Fsp3) is 0.269. The number of carbonyl (C=O) groups is 1. The van der Waals surface area contributed by atoms with Crippen molar-refractivity contribution in [3.63, 3.8) is 0 Å². The van der Waals surface area contributed by atoms with E-state index in [-0.39, 0.29) is 12.5 Å². The highest BCUT2D eigenvalue weighted by Gasteiger charge is 2.13. The van der Waals surface area contributed by atoms with Gasteiger partial charge in [0.1, 0.15) is 0 Å². The molecule has 0 radical (unpaired) electrons. The molecular formula is C26H29ClN2O3. The molecule has 168 valence electrons. The van der Waals surface area contributed by atoms with E-state index in [4.69, 9.17) is 21.1 Å². The molecule has 0 atom stereocenters. The molecule has 5 nitrogen and oxygen atoms in total. The molecule has 0 aliphatic heterocycles. The van der Waals surface area contributed by atoms with E-state index in [2.05, 4.69) is 22.8 Å². The minimum absolute atomic E-state index is 0.140. The molecule has 32 heavy (non-hydrogen) atoms. The number of halogens is 1. The van der Waals surface area contributed by atoms with Crippen LogP contribution in [0.15, 0.2) is 66.7 Å². The Morgan fingerprint density at radius 1 is 0.969 bits per heavy atom. The lowest BCUT2D eigenvalue weighted by atomic mass is 10.1. The first kappa shape index (κ1) is 23.6. The molecule has 3 aromatic rings. The summed E-state index contributed by atoms with van der Waals surface area (Å²) in [6.07, 6.45) is 0.939. The minimum atomic E-state index is -0.251. The van der Waals surface area contributed by atoms with Crippen LogP contribution >= 0.6 is 11.6 Å². The van der Waals surface area contributed by atoms with E-state index in [1.54, 1.807) is 6.07 Å². The normalized spacial score (nSPS) is 10.6. The number of ether oxygens (including phenoxy) is 2. The molecule has 1 amide bonds. The molecule has 0 heterocycles. The van der Waals surface area contributed by atoms with E-state index in [9.17, 15) is 4.79 Å². The Morgan fingerprint density at radius 2 is 1.69 bits per heavy atom. The second kappa shape index (κ2) is 12.1. The summed E-state index contributed by atoms with van der Waals surface area (Å²) < 4.78 is 11.5. The SMILES string of the molecule is CCOc1cc(CNCCc2ccccc2)c(Cl)cc1OCC(=O)Nc1ccc(C)cc1. The molecule has 0 spiro atoms. The molecule has 0 unspecified atom stereocenters. The number of amides is 1. The van der Waals surface area contributed by atoms with E-state index in [0.717, 1.165) is 29.8 Å². The van der Waals surface area contributed by atoms with E-state index >= 15 is 0 Å². The highest BCUT2D eigenvalue weighted by molar-refractivity contribution is 6.31. The van der Waals surface area contributed by atoms with Gasteiger partial charge < -0.3 is 20.1 Å². The van der Waals surface area contributed by atoms with Crippen LogP contribution < -0.4 is 20.1 Å². The maximum atomic E-state index is 12.3. The lowest BCUT2D eigenvalue weighted by Gasteiger charge is -2.15. The van der Waals surface area contributed by atoms with Gasteiger partial charge >= 0.3 is 0 Å². The Hall–Kier alpha value is -3.02. The number of benzene rings is 3. The molecule has 3 aromatic carbocycles. The van der Waals surface area contributed by atoms with Gasteiger partial charge in [0.25, 0.3) is 5.91 Å². The number of aryl methyl sites for hydroxylation is 1. The smallest absolute Gasteiger partial charge is 0.262 e. The predicted molar refractivity (Wildman–Crippen MR) is 130 cm³/mol. The zero-order chi connectivity index (χ0) is 22.8. The summed E-state index contributed by atoms with van der Waals surface area (Å²) in [4.78, 5) is 12.3. The lowest BCUT2D eigenvalue weighted by Crippen LogP contribution is -2.20. The second-order valence-electron chi connectivity index (χ2n) is 7.44. The standard InChI is InChI=1S/C26H29ClN2O3/c1-3-31-24-15-21(17-28-14-13-20-7-5-4-6-8-20)23(27)16-25(24)32-18-26(30)29-22-11-9-19(2)10-12-22/h4-12,15-16,28H,3,13-14,17-18H2,1-2H3,(H,29,30). The van der Waals surface area contributed by atoms with Crippen molar-refractivity contribution in [3.8, 4) is 11.5 Å². The molecule has 2 N–H and O–H groups in total. The number of carbonyl (C=O) groups excluding carboxylic acids is 1. The zero-order valence-electron chi connectivity index (χ0n) is 18.5. The molecule has 0 aliphatic rings. The van der Waals surface area contributed by atoms with Crippen molar-refractivity contribution in [2.45, 2.75) is 26.8 Å². The largest absolute Gasteiger partial charge is 0.490 e. The Bertz CT molecular complexity index is 1010. The Balaban J connectivity index is 1.56. The third kappa shape index (κ3) is 7.29. The number of hydrogen-bond acceptors (Lipinski definition) is 4.